The Morgan fingerprint density at radius 3 is 1.63 bits per heavy atom. The fourth-order valence-corrected chi connectivity index (χ4v) is 4.81. The maximum absolute atomic E-state index is 6.46. The van der Waals surface area contributed by atoms with Crippen LogP contribution >= 0.6 is 23.2 Å². The zero-order chi connectivity index (χ0) is 26.6. The Kier molecular flexibility index (Phi) is 8.91. The highest BCUT2D eigenvalue weighted by Gasteiger charge is 2.43. The summed E-state index contributed by atoms with van der Waals surface area (Å²) in [7, 11) is 0. The molecule has 3 aliphatic rings. The summed E-state index contributed by atoms with van der Waals surface area (Å²) in [5.41, 5.74) is 4.16. The topological polar surface area (TPSA) is 99.6 Å². The lowest BCUT2D eigenvalue weighted by atomic mass is 9.90. The van der Waals surface area contributed by atoms with Crippen LogP contribution in [0.15, 0.2) is 12.4 Å². The molecule has 0 N–H and O–H groups in total. The van der Waals surface area contributed by atoms with E-state index in [2.05, 4.69) is 9.97 Å². The summed E-state index contributed by atoms with van der Waals surface area (Å²) in [6.07, 6.45) is 3.52. The van der Waals surface area contributed by atoms with E-state index in [1.807, 2.05) is 13.8 Å². The second kappa shape index (κ2) is 12.2. The monoisotopic (exact) mass is 570 g/mol. The quantitative estimate of drug-likeness (QED) is 0.429. The molecule has 12 heteroatoms. The van der Waals surface area contributed by atoms with Gasteiger partial charge in [0.05, 0.1) is 68.2 Å². The average molecular weight is 571 g/mol. The summed E-state index contributed by atoms with van der Waals surface area (Å²) < 4.78 is 47.3. The summed E-state index contributed by atoms with van der Waals surface area (Å²) in [6.45, 7) is 6.75. The first-order valence-corrected chi connectivity index (χ1v) is 13.5. The normalized spacial score (nSPS) is 20.5. The number of alkyl halides is 2. The van der Waals surface area contributed by atoms with Crippen molar-refractivity contribution in [3.05, 3.63) is 46.0 Å². The van der Waals surface area contributed by atoms with E-state index in [0.29, 0.717) is 62.5 Å². The lowest BCUT2D eigenvalue weighted by Crippen LogP contribution is -2.52. The molecule has 0 radical (unpaired) electrons. The Bertz CT molecular complexity index is 1050. The van der Waals surface area contributed by atoms with Crippen LogP contribution in [-0.4, -0.2) is 55.8 Å². The van der Waals surface area contributed by atoms with Gasteiger partial charge in [-0.3, -0.25) is 9.97 Å². The third-order valence-corrected chi connectivity index (χ3v) is 7.20. The van der Waals surface area contributed by atoms with Gasteiger partial charge >= 0.3 is 0 Å². The van der Waals surface area contributed by atoms with Crippen LogP contribution in [0.3, 0.4) is 0 Å². The molecule has 208 valence electrons. The highest BCUT2D eigenvalue weighted by molar-refractivity contribution is 6.17. The van der Waals surface area contributed by atoms with E-state index in [1.54, 1.807) is 12.4 Å². The molecule has 5 rings (SSSR count). The van der Waals surface area contributed by atoms with Crippen LogP contribution in [0.2, 0.25) is 0 Å². The van der Waals surface area contributed by atoms with Gasteiger partial charge in [0, 0.05) is 34.6 Å². The van der Waals surface area contributed by atoms with Crippen molar-refractivity contribution in [2.45, 2.75) is 57.8 Å². The molecule has 0 aliphatic carbocycles. The van der Waals surface area contributed by atoms with Crippen molar-refractivity contribution in [2.75, 3.05) is 40.0 Å². The number of aromatic nitrogens is 2. The summed E-state index contributed by atoms with van der Waals surface area (Å²) in [4.78, 5) is 9.00. The lowest BCUT2D eigenvalue weighted by molar-refractivity contribution is -0.292. The molecule has 2 aromatic heterocycles. The van der Waals surface area contributed by atoms with Crippen LogP contribution in [0.4, 0.5) is 0 Å². The Labute approximate surface area is 231 Å². The fraction of sp³-hybridized carbons (Fsp3) is 0.615. The van der Waals surface area contributed by atoms with Gasteiger partial charge in [0.25, 0.3) is 0 Å². The molecule has 5 heterocycles. The number of ether oxygens (including phenoxy) is 8. The van der Waals surface area contributed by atoms with E-state index in [1.165, 1.54) is 0 Å². The van der Waals surface area contributed by atoms with Crippen molar-refractivity contribution in [3.63, 3.8) is 0 Å². The Balaban J connectivity index is 1.42. The van der Waals surface area contributed by atoms with Gasteiger partial charge in [0.15, 0.2) is 5.79 Å². The minimum Gasteiger partial charge on any atom is -0.490 e. The van der Waals surface area contributed by atoms with E-state index in [0.717, 1.165) is 22.3 Å². The third-order valence-electron chi connectivity index (χ3n) is 6.69. The number of pyridine rings is 2. The van der Waals surface area contributed by atoms with Gasteiger partial charge < -0.3 is 37.9 Å². The molecule has 0 atom stereocenters. The van der Waals surface area contributed by atoms with Gasteiger partial charge in [-0.2, -0.15) is 0 Å². The molecule has 2 aromatic rings. The molecule has 0 spiro atoms. The predicted molar refractivity (Wildman–Crippen MR) is 136 cm³/mol. The largest absolute Gasteiger partial charge is 0.490 e. The molecular weight excluding hydrogens is 539 g/mol. The molecule has 0 aromatic carbocycles. The molecular formula is C26H32Cl2N2O8. The molecule has 3 aliphatic heterocycles. The van der Waals surface area contributed by atoms with E-state index >= 15 is 0 Å². The van der Waals surface area contributed by atoms with Crippen LogP contribution in [0.5, 0.6) is 11.5 Å². The molecule has 0 saturated carbocycles. The molecule has 1 fully saturated rings. The van der Waals surface area contributed by atoms with E-state index in [4.69, 9.17) is 61.1 Å². The van der Waals surface area contributed by atoms with Crippen molar-refractivity contribution >= 4 is 23.2 Å². The minimum atomic E-state index is -0.723. The zero-order valence-corrected chi connectivity index (χ0v) is 23.1. The van der Waals surface area contributed by atoms with Crippen molar-refractivity contribution < 1.29 is 37.9 Å². The van der Waals surface area contributed by atoms with E-state index in [-0.39, 0.29) is 38.6 Å². The minimum absolute atomic E-state index is 0.190. The van der Waals surface area contributed by atoms with Gasteiger partial charge in [-0.05, 0) is 13.8 Å². The number of halogens is 2. The maximum atomic E-state index is 6.46. The Morgan fingerprint density at radius 1 is 0.737 bits per heavy atom. The Morgan fingerprint density at radius 2 is 1.18 bits per heavy atom. The summed E-state index contributed by atoms with van der Waals surface area (Å²) in [5.74, 6) is 0.842. The molecule has 0 bridgehead atoms. The predicted octanol–water partition coefficient (Wildman–Crippen LogP) is 4.19. The van der Waals surface area contributed by atoms with Crippen LogP contribution < -0.4 is 9.47 Å². The first-order chi connectivity index (χ1) is 18.4. The number of nitrogens with zero attached hydrogens (tertiary/aromatic N) is 2. The van der Waals surface area contributed by atoms with Gasteiger partial charge in [-0.1, -0.05) is 0 Å². The standard InChI is InChI=1S/C26H32Cl2N2O8/c1-25(2)37-13-26(14-38-25,11-35-23-19-9-33-15-31-7-17(19)5-29-21(23)3-27)12-36-24-20-10-34-16-32-8-18(20)6-30-22(24)4-28/h5-6H,3-4,7-16H2,1-2H3. The number of hydrogen-bond acceptors (Lipinski definition) is 10. The molecule has 0 unspecified atom stereocenters. The van der Waals surface area contributed by atoms with Crippen LogP contribution in [0.1, 0.15) is 47.5 Å². The zero-order valence-electron chi connectivity index (χ0n) is 21.6. The summed E-state index contributed by atoms with van der Waals surface area (Å²) >= 11 is 12.5. The van der Waals surface area contributed by atoms with Crippen molar-refractivity contribution in [2.24, 2.45) is 5.41 Å². The number of hydrogen-bond donors (Lipinski definition) is 0. The second-order valence-corrected chi connectivity index (χ2v) is 10.6. The molecule has 0 amide bonds. The van der Waals surface area contributed by atoms with Gasteiger partial charge in [-0.15, -0.1) is 23.2 Å². The van der Waals surface area contributed by atoms with Crippen molar-refractivity contribution in [1.29, 1.82) is 0 Å². The van der Waals surface area contributed by atoms with E-state index in [9.17, 15) is 0 Å². The van der Waals surface area contributed by atoms with Crippen molar-refractivity contribution in [1.82, 2.24) is 9.97 Å². The average Bonchev–Trinajstić information content (AvgIpc) is 3.32. The van der Waals surface area contributed by atoms with E-state index < -0.39 is 11.2 Å². The first kappa shape index (κ1) is 27.8. The number of rotatable bonds is 8. The smallest absolute Gasteiger partial charge is 0.162 e. The third kappa shape index (κ3) is 6.18. The maximum Gasteiger partial charge on any atom is 0.162 e. The lowest BCUT2D eigenvalue weighted by Gasteiger charge is -2.43. The summed E-state index contributed by atoms with van der Waals surface area (Å²) in [6, 6.07) is 0. The van der Waals surface area contributed by atoms with Gasteiger partial charge in [0.1, 0.15) is 38.3 Å². The van der Waals surface area contributed by atoms with Crippen LogP contribution in [0, 0.1) is 5.41 Å². The highest BCUT2D eigenvalue weighted by Crippen LogP contribution is 2.37. The Hall–Kier alpha value is -1.76. The molecule has 38 heavy (non-hydrogen) atoms. The summed E-state index contributed by atoms with van der Waals surface area (Å²) in [5, 5.41) is 0. The fourth-order valence-electron chi connectivity index (χ4n) is 4.43. The molecule has 10 nitrogen and oxygen atoms in total. The van der Waals surface area contributed by atoms with Gasteiger partial charge in [0.2, 0.25) is 0 Å². The number of fused-ring (bicyclic) bond motifs is 2. The van der Waals surface area contributed by atoms with Crippen LogP contribution in [-0.2, 0) is 66.6 Å². The van der Waals surface area contributed by atoms with Gasteiger partial charge in [-0.25, -0.2) is 0 Å². The molecule has 1 saturated heterocycles. The SMILES string of the molecule is CC1(C)OCC(COc2c(CCl)ncc3c2COCOC3)(COc2c(CCl)ncc3c2COCOC3)CO1. The highest BCUT2D eigenvalue weighted by atomic mass is 35.5. The van der Waals surface area contributed by atoms with Crippen LogP contribution in [0.25, 0.3) is 0 Å². The second-order valence-electron chi connectivity index (χ2n) is 10.0. The van der Waals surface area contributed by atoms with Crippen molar-refractivity contribution in [3.8, 4) is 11.5 Å². The first-order valence-electron chi connectivity index (χ1n) is 12.4.